The molecule has 0 unspecified atom stereocenters. The number of hydrogen-bond donors (Lipinski definition) is 0. The fourth-order valence-corrected chi connectivity index (χ4v) is 3.20. The van der Waals surface area contributed by atoms with Crippen molar-refractivity contribution in [2.24, 2.45) is 0 Å². The largest absolute Gasteiger partial charge is 2.00 e. The first kappa shape index (κ1) is 36.0. The Bertz CT molecular complexity index is 958. The van der Waals surface area contributed by atoms with Crippen molar-refractivity contribution in [1.29, 1.82) is 0 Å². The molecule has 0 fully saturated rings. The van der Waals surface area contributed by atoms with E-state index in [0.717, 1.165) is 37.3 Å². The summed E-state index contributed by atoms with van der Waals surface area (Å²) in [6.07, 6.45) is 0. The van der Waals surface area contributed by atoms with E-state index in [9.17, 15) is 25.9 Å². The maximum atomic E-state index is 10.4. The van der Waals surface area contributed by atoms with Gasteiger partial charge in [0.15, 0.2) is 0 Å². The molecule has 0 aliphatic rings. The topological polar surface area (TPSA) is 124 Å². The second kappa shape index (κ2) is 17.3. The van der Waals surface area contributed by atoms with Crippen LogP contribution in [0.15, 0.2) is 58.3 Å². The molecule has 0 N–H and O–H groups in total. The van der Waals surface area contributed by atoms with Crippen molar-refractivity contribution in [2.75, 3.05) is 61.4 Å². The van der Waals surface area contributed by atoms with Gasteiger partial charge >= 0.3 is 20.4 Å². The molecule has 9 nitrogen and oxygen atoms in total. The van der Waals surface area contributed by atoms with Crippen LogP contribution in [0.1, 0.15) is 11.1 Å². The molecule has 0 radical (unpaired) electrons. The van der Waals surface area contributed by atoms with Gasteiger partial charge in [0.05, 0.1) is 9.79 Å². The summed E-state index contributed by atoms with van der Waals surface area (Å²) >= 11 is 0. The molecular formula is C23H37N3O6PdS2. The van der Waals surface area contributed by atoms with Crippen LogP contribution in [0.3, 0.4) is 0 Å². The number of aryl methyl sites for hydroxylation is 2. The molecule has 0 saturated carbocycles. The average molecular weight is 622 g/mol. The van der Waals surface area contributed by atoms with Gasteiger partial charge in [0.25, 0.3) is 0 Å². The quantitative estimate of drug-likeness (QED) is 0.321. The first-order chi connectivity index (χ1) is 15.5. The van der Waals surface area contributed by atoms with Crippen LogP contribution in [-0.4, -0.2) is 102 Å². The molecule has 0 bridgehead atoms. The summed E-state index contributed by atoms with van der Waals surface area (Å²) in [6.45, 7) is 8.23. The van der Waals surface area contributed by atoms with E-state index >= 15 is 0 Å². The Morgan fingerprint density at radius 2 is 0.829 bits per heavy atom. The standard InChI is InChI=1S/C9H23N3.2C7H8O3S.Pd/c1-10(2)6-8-12(5)9-7-11(3)4;2*1-6-2-4-7(5-3-6)11(8,9)10;/h6-9H2,1-5H3;2*2-5H,1H3,(H,8,9,10);/q;;;+2/p-2. The third-order valence-corrected chi connectivity index (χ3v) is 6.18. The van der Waals surface area contributed by atoms with Gasteiger partial charge in [-0.15, -0.1) is 0 Å². The maximum absolute atomic E-state index is 10.4. The SMILES string of the molecule is CN(C)CCN(C)CCN(C)C.Cc1ccc(S(=O)(=O)[O-])cc1.Cc1ccc(S(=O)(=O)[O-])cc1.[Pd+2]. The van der Waals surface area contributed by atoms with Gasteiger partial charge in [-0.05, 0) is 73.4 Å². The average Bonchev–Trinajstić information content (AvgIpc) is 2.71. The van der Waals surface area contributed by atoms with Crippen molar-refractivity contribution in [2.45, 2.75) is 23.6 Å². The van der Waals surface area contributed by atoms with E-state index < -0.39 is 20.2 Å². The van der Waals surface area contributed by atoms with Gasteiger partial charge in [-0.1, -0.05) is 35.4 Å². The number of benzene rings is 2. The minimum absolute atomic E-state index is 0. The third kappa shape index (κ3) is 18.7. The van der Waals surface area contributed by atoms with Crippen molar-refractivity contribution < 1.29 is 46.4 Å². The van der Waals surface area contributed by atoms with Gasteiger partial charge in [-0.25, -0.2) is 16.8 Å². The van der Waals surface area contributed by atoms with E-state index in [1.165, 1.54) is 24.3 Å². The number of nitrogens with zero attached hydrogens (tertiary/aromatic N) is 3. The van der Waals surface area contributed by atoms with Gasteiger partial charge in [0, 0.05) is 26.2 Å². The van der Waals surface area contributed by atoms with E-state index in [1.807, 2.05) is 13.8 Å². The van der Waals surface area contributed by atoms with E-state index in [1.54, 1.807) is 24.3 Å². The van der Waals surface area contributed by atoms with Crippen LogP contribution in [0.5, 0.6) is 0 Å². The van der Waals surface area contributed by atoms with Gasteiger partial charge in [-0.2, -0.15) is 0 Å². The molecule has 0 atom stereocenters. The second-order valence-electron chi connectivity index (χ2n) is 8.44. The molecule has 2 aromatic rings. The summed E-state index contributed by atoms with van der Waals surface area (Å²) in [4.78, 5) is 6.43. The monoisotopic (exact) mass is 621 g/mol. The Hall–Kier alpha value is -1.20. The number of rotatable bonds is 8. The Balaban J connectivity index is 0. The minimum atomic E-state index is -4.27. The molecule has 202 valence electrons. The fourth-order valence-electron chi connectivity index (χ4n) is 2.26. The van der Waals surface area contributed by atoms with Crippen molar-refractivity contribution in [3.05, 3.63) is 59.7 Å². The second-order valence-corrected chi connectivity index (χ2v) is 11.2. The third-order valence-electron chi connectivity index (χ3n) is 4.48. The Kier molecular flexibility index (Phi) is 17.8. The summed E-state index contributed by atoms with van der Waals surface area (Å²) in [6, 6.07) is 11.6. The zero-order valence-electron chi connectivity index (χ0n) is 21.4. The van der Waals surface area contributed by atoms with E-state index in [4.69, 9.17) is 0 Å². The van der Waals surface area contributed by atoms with Gasteiger partial charge in [0.1, 0.15) is 20.2 Å². The molecule has 0 spiro atoms. The van der Waals surface area contributed by atoms with Crippen LogP contribution >= 0.6 is 0 Å². The first-order valence-electron chi connectivity index (χ1n) is 10.6. The van der Waals surface area contributed by atoms with E-state index in [-0.39, 0.29) is 30.2 Å². The summed E-state index contributed by atoms with van der Waals surface area (Å²) in [5.41, 5.74) is 1.86. The van der Waals surface area contributed by atoms with Gasteiger partial charge < -0.3 is 23.8 Å². The molecule has 0 heterocycles. The fraction of sp³-hybridized carbons (Fsp3) is 0.478. The van der Waals surface area contributed by atoms with Gasteiger partial charge in [0.2, 0.25) is 0 Å². The smallest absolute Gasteiger partial charge is 0.744 e. The minimum Gasteiger partial charge on any atom is -0.744 e. The van der Waals surface area contributed by atoms with E-state index in [0.29, 0.717) is 0 Å². The number of hydrogen-bond acceptors (Lipinski definition) is 9. The molecule has 0 aromatic heterocycles. The normalized spacial score (nSPS) is 11.3. The molecule has 0 saturated heterocycles. The van der Waals surface area contributed by atoms with Gasteiger partial charge in [-0.3, -0.25) is 0 Å². The molecule has 35 heavy (non-hydrogen) atoms. The van der Waals surface area contributed by atoms with Crippen LogP contribution in [-0.2, 0) is 40.7 Å². The van der Waals surface area contributed by atoms with Crippen molar-refractivity contribution >= 4 is 20.2 Å². The summed E-state index contributed by atoms with van der Waals surface area (Å²) in [7, 11) is 2.08. The molecule has 0 aliphatic carbocycles. The van der Waals surface area contributed by atoms with Crippen LogP contribution in [0.4, 0.5) is 0 Å². The summed E-state index contributed by atoms with van der Waals surface area (Å²) < 4.78 is 62.3. The summed E-state index contributed by atoms with van der Waals surface area (Å²) in [5, 5.41) is 0. The van der Waals surface area contributed by atoms with Crippen molar-refractivity contribution in [3.63, 3.8) is 0 Å². The Morgan fingerprint density at radius 1 is 0.571 bits per heavy atom. The van der Waals surface area contributed by atoms with Crippen LogP contribution in [0, 0.1) is 13.8 Å². The van der Waals surface area contributed by atoms with E-state index in [2.05, 4.69) is 49.9 Å². The molecule has 12 heteroatoms. The zero-order valence-corrected chi connectivity index (χ0v) is 24.6. The van der Waals surface area contributed by atoms with Crippen LogP contribution < -0.4 is 0 Å². The molecule has 0 aliphatic heterocycles. The predicted octanol–water partition coefficient (Wildman–Crippen LogP) is 1.84. The molecule has 2 aromatic carbocycles. The zero-order chi connectivity index (χ0) is 26.5. The Morgan fingerprint density at radius 3 is 1.03 bits per heavy atom. The van der Waals surface area contributed by atoms with Crippen LogP contribution in [0.2, 0.25) is 0 Å². The molecule has 0 amide bonds. The predicted molar refractivity (Wildman–Crippen MR) is 133 cm³/mol. The number of likely N-dealkylation sites (N-methyl/N-ethyl adjacent to an activating group) is 3. The maximum Gasteiger partial charge on any atom is 2.00 e. The Labute approximate surface area is 225 Å². The van der Waals surface area contributed by atoms with Crippen molar-refractivity contribution in [3.8, 4) is 0 Å². The van der Waals surface area contributed by atoms with Crippen molar-refractivity contribution in [1.82, 2.24) is 14.7 Å². The molecule has 2 rings (SSSR count). The van der Waals surface area contributed by atoms with Crippen LogP contribution in [0.25, 0.3) is 0 Å². The first-order valence-corrected chi connectivity index (χ1v) is 13.4. The molecular weight excluding hydrogens is 585 g/mol. The summed E-state index contributed by atoms with van der Waals surface area (Å²) in [5.74, 6) is 0.